The van der Waals surface area contributed by atoms with E-state index in [1.165, 1.54) is 7.05 Å². The third kappa shape index (κ3) is 3.88. The Balaban J connectivity index is 3.32. The number of nitro benzene ring substituents is 1. The Hall–Kier alpha value is -1.75. The molecule has 0 saturated carbocycles. The Morgan fingerprint density at radius 1 is 1.29 bits per heavy atom. The molecule has 10 heteroatoms. The quantitative estimate of drug-likeness (QED) is 0.439. The van der Waals surface area contributed by atoms with Crippen LogP contribution in [0.25, 0.3) is 0 Å². The zero-order chi connectivity index (χ0) is 16.0. The Morgan fingerprint density at radius 3 is 2.29 bits per heavy atom. The SMILES string of the molecule is CNc1cc([N+](=O)[O-])ccc1S(=O)(=O)N(CCO)CCO. The van der Waals surface area contributed by atoms with Crippen molar-refractivity contribution in [1.29, 1.82) is 0 Å². The summed E-state index contributed by atoms with van der Waals surface area (Å²) in [5, 5.41) is 31.2. The van der Waals surface area contributed by atoms with E-state index >= 15 is 0 Å². The highest BCUT2D eigenvalue weighted by Gasteiger charge is 2.27. The topological polar surface area (TPSA) is 133 Å². The maximum Gasteiger partial charge on any atom is 0.271 e. The lowest BCUT2D eigenvalue weighted by Gasteiger charge is -2.21. The number of anilines is 1. The van der Waals surface area contributed by atoms with Crippen molar-refractivity contribution < 1.29 is 23.6 Å². The van der Waals surface area contributed by atoms with E-state index in [2.05, 4.69) is 5.32 Å². The number of nitro groups is 1. The van der Waals surface area contributed by atoms with Crippen LogP contribution in [0.2, 0.25) is 0 Å². The van der Waals surface area contributed by atoms with Crippen molar-refractivity contribution in [2.75, 3.05) is 38.7 Å². The molecule has 118 valence electrons. The van der Waals surface area contributed by atoms with Crippen molar-refractivity contribution in [1.82, 2.24) is 4.31 Å². The van der Waals surface area contributed by atoms with Gasteiger partial charge in [0.05, 0.1) is 23.8 Å². The fourth-order valence-electron chi connectivity index (χ4n) is 1.77. The van der Waals surface area contributed by atoms with E-state index in [0.717, 1.165) is 22.5 Å². The van der Waals surface area contributed by atoms with Crippen LogP contribution < -0.4 is 5.32 Å². The van der Waals surface area contributed by atoms with Crippen molar-refractivity contribution in [3.05, 3.63) is 28.3 Å². The summed E-state index contributed by atoms with van der Waals surface area (Å²) in [6.07, 6.45) is 0. The molecular weight excluding hydrogens is 302 g/mol. The van der Waals surface area contributed by atoms with Crippen molar-refractivity contribution in [2.45, 2.75) is 4.90 Å². The van der Waals surface area contributed by atoms with E-state index in [9.17, 15) is 18.5 Å². The molecule has 0 unspecified atom stereocenters. The molecule has 21 heavy (non-hydrogen) atoms. The number of rotatable bonds is 8. The first kappa shape index (κ1) is 17.3. The zero-order valence-electron chi connectivity index (χ0n) is 11.4. The zero-order valence-corrected chi connectivity index (χ0v) is 12.2. The summed E-state index contributed by atoms with van der Waals surface area (Å²) in [5.41, 5.74) is -0.167. The standard InChI is InChI=1S/C11H17N3O6S/c1-12-10-8-9(14(17)18)2-3-11(10)21(19,20)13(4-6-15)5-7-16/h2-3,8,12,15-16H,4-7H2,1H3. The second kappa shape index (κ2) is 7.31. The average molecular weight is 319 g/mol. The largest absolute Gasteiger partial charge is 0.395 e. The second-order valence-electron chi connectivity index (χ2n) is 4.04. The number of nitrogens with zero attached hydrogens (tertiary/aromatic N) is 2. The number of aliphatic hydroxyl groups is 2. The van der Waals surface area contributed by atoms with Crippen molar-refractivity contribution in [3.63, 3.8) is 0 Å². The van der Waals surface area contributed by atoms with Gasteiger partial charge < -0.3 is 15.5 Å². The van der Waals surface area contributed by atoms with Crippen molar-refractivity contribution in [2.24, 2.45) is 0 Å². The monoisotopic (exact) mass is 319 g/mol. The first-order chi connectivity index (χ1) is 9.88. The van der Waals surface area contributed by atoms with Gasteiger partial charge in [-0.3, -0.25) is 10.1 Å². The highest BCUT2D eigenvalue weighted by molar-refractivity contribution is 7.89. The molecule has 0 fully saturated rings. The Labute approximate surface area is 122 Å². The van der Waals surface area contributed by atoms with Crippen LogP contribution in [0.3, 0.4) is 0 Å². The number of nitrogens with one attached hydrogen (secondary N) is 1. The minimum atomic E-state index is -3.98. The molecule has 1 aromatic carbocycles. The summed E-state index contributed by atoms with van der Waals surface area (Å²) < 4.78 is 25.8. The number of hydrogen-bond donors (Lipinski definition) is 3. The molecule has 0 amide bonds. The molecule has 0 aliphatic rings. The van der Waals surface area contributed by atoms with E-state index in [4.69, 9.17) is 10.2 Å². The Kier molecular flexibility index (Phi) is 6.03. The predicted molar refractivity (Wildman–Crippen MR) is 75.6 cm³/mol. The second-order valence-corrected chi connectivity index (χ2v) is 5.95. The molecule has 1 rings (SSSR count). The van der Waals surface area contributed by atoms with Crippen LogP contribution in [-0.2, 0) is 10.0 Å². The van der Waals surface area contributed by atoms with Gasteiger partial charge >= 0.3 is 0 Å². The molecular formula is C11H17N3O6S. The predicted octanol–water partition coefficient (Wildman–Crippen LogP) is -0.388. The molecule has 3 N–H and O–H groups in total. The first-order valence-electron chi connectivity index (χ1n) is 6.06. The highest BCUT2D eigenvalue weighted by atomic mass is 32.2. The van der Waals surface area contributed by atoms with Gasteiger partial charge in [0.2, 0.25) is 10.0 Å². The molecule has 0 aliphatic heterocycles. The number of sulfonamides is 1. The first-order valence-corrected chi connectivity index (χ1v) is 7.50. The Morgan fingerprint density at radius 2 is 1.86 bits per heavy atom. The van der Waals surface area contributed by atoms with Crippen LogP contribution in [-0.4, -0.2) is 61.2 Å². The van der Waals surface area contributed by atoms with Crippen LogP contribution in [0.5, 0.6) is 0 Å². The van der Waals surface area contributed by atoms with E-state index in [0.29, 0.717) is 0 Å². The molecule has 0 aliphatic carbocycles. The van der Waals surface area contributed by atoms with Gasteiger partial charge in [0, 0.05) is 32.3 Å². The lowest BCUT2D eigenvalue weighted by molar-refractivity contribution is -0.384. The molecule has 0 aromatic heterocycles. The molecule has 0 radical (unpaired) electrons. The van der Waals surface area contributed by atoms with Gasteiger partial charge in [-0.05, 0) is 6.07 Å². The summed E-state index contributed by atoms with van der Waals surface area (Å²) in [7, 11) is -2.54. The summed E-state index contributed by atoms with van der Waals surface area (Å²) in [6, 6.07) is 3.33. The number of aliphatic hydroxyl groups excluding tert-OH is 2. The number of non-ortho nitro benzene ring substituents is 1. The van der Waals surface area contributed by atoms with Gasteiger partial charge in [-0.15, -0.1) is 0 Å². The van der Waals surface area contributed by atoms with Gasteiger partial charge in [-0.2, -0.15) is 4.31 Å². The average Bonchev–Trinajstić information content (AvgIpc) is 2.46. The summed E-state index contributed by atoms with van der Waals surface area (Å²) in [4.78, 5) is 9.94. The molecule has 0 heterocycles. The van der Waals surface area contributed by atoms with Gasteiger partial charge in [0.1, 0.15) is 4.90 Å². The number of benzene rings is 1. The van der Waals surface area contributed by atoms with E-state index in [-0.39, 0.29) is 29.4 Å². The van der Waals surface area contributed by atoms with Gasteiger partial charge in [-0.25, -0.2) is 8.42 Å². The third-order valence-electron chi connectivity index (χ3n) is 2.76. The summed E-state index contributed by atoms with van der Waals surface area (Å²) in [5.74, 6) is 0. The molecule has 0 spiro atoms. The van der Waals surface area contributed by atoms with Gasteiger partial charge in [0.25, 0.3) is 5.69 Å². The van der Waals surface area contributed by atoms with E-state index < -0.39 is 28.2 Å². The minimum absolute atomic E-state index is 0.0741. The maximum absolute atomic E-state index is 12.5. The molecule has 1 aromatic rings. The molecule has 9 nitrogen and oxygen atoms in total. The molecule has 0 saturated heterocycles. The van der Waals surface area contributed by atoms with Crippen LogP contribution in [0, 0.1) is 10.1 Å². The van der Waals surface area contributed by atoms with Gasteiger partial charge in [0.15, 0.2) is 0 Å². The van der Waals surface area contributed by atoms with Crippen molar-refractivity contribution in [3.8, 4) is 0 Å². The third-order valence-corrected chi connectivity index (χ3v) is 4.72. The maximum atomic E-state index is 12.5. The van der Waals surface area contributed by atoms with Crippen molar-refractivity contribution >= 4 is 21.4 Å². The molecule has 0 bridgehead atoms. The lowest BCUT2D eigenvalue weighted by atomic mass is 10.3. The smallest absolute Gasteiger partial charge is 0.271 e. The number of hydrogen-bond acceptors (Lipinski definition) is 7. The van der Waals surface area contributed by atoms with Crippen LogP contribution >= 0.6 is 0 Å². The normalized spacial score (nSPS) is 11.6. The van der Waals surface area contributed by atoms with E-state index in [1.807, 2.05) is 0 Å². The fourth-order valence-corrected chi connectivity index (χ4v) is 3.37. The molecule has 0 atom stereocenters. The van der Waals surface area contributed by atoms with Crippen LogP contribution in [0.1, 0.15) is 0 Å². The summed E-state index contributed by atoms with van der Waals surface area (Å²) in [6.45, 7) is -1.16. The van der Waals surface area contributed by atoms with E-state index in [1.54, 1.807) is 0 Å². The summed E-state index contributed by atoms with van der Waals surface area (Å²) >= 11 is 0. The Bertz CT molecular complexity index is 598. The van der Waals surface area contributed by atoms with Gasteiger partial charge in [-0.1, -0.05) is 0 Å². The van der Waals surface area contributed by atoms with Crippen LogP contribution in [0.4, 0.5) is 11.4 Å². The highest BCUT2D eigenvalue weighted by Crippen LogP contribution is 2.28. The lowest BCUT2D eigenvalue weighted by Crippen LogP contribution is -2.36. The fraction of sp³-hybridized carbons (Fsp3) is 0.455. The minimum Gasteiger partial charge on any atom is -0.395 e. The van der Waals surface area contributed by atoms with Crippen LogP contribution in [0.15, 0.2) is 23.1 Å².